The average Bonchev–Trinajstić information content (AvgIpc) is 2.80. The minimum Gasteiger partial charge on any atom is -0.422 e. The maximum atomic E-state index is 12.6. The number of ether oxygens (including phenoxy) is 1. The number of halogens is 1. The number of aryl methyl sites for hydroxylation is 1. The third kappa shape index (κ3) is 4.68. The molecule has 0 atom stereocenters. The lowest BCUT2D eigenvalue weighted by molar-refractivity contribution is 0.0734. The molecule has 1 amide bonds. The first-order valence-corrected chi connectivity index (χ1v) is 10.3. The fourth-order valence-corrected chi connectivity index (χ4v) is 3.41. The predicted molar refractivity (Wildman–Crippen MR) is 127 cm³/mol. The van der Waals surface area contributed by atoms with Crippen molar-refractivity contribution in [3.63, 3.8) is 0 Å². The van der Waals surface area contributed by atoms with Crippen molar-refractivity contribution in [2.24, 2.45) is 5.10 Å². The second kappa shape index (κ2) is 9.45. The highest BCUT2D eigenvalue weighted by atomic mass is 35.5. The summed E-state index contributed by atoms with van der Waals surface area (Å²) in [6.07, 6.45) is 1.49. The second-order valence-corrected chi connectivity index (χ2v) is 7.55. The number of amides is 1. The molecule has 4 aromatic carbocycles. The summed E-state index contributed by atoms with van der Waals surface area (Å²) in [4.78, 5) is 25.1. The van der Waals surface area contributed by atoms with E-state index in [1.54, 1.807) is 42.5 Å². The molecule has 0 heterocycles. The lowest BCUT2D eigenvalue weighted by Gasteiger charge is -2.11. The van der Waals surface area contributed by atoms with Gasteiger partial charge in [-0.2, -0.15) is 5.10 Å². The highest BCUT2D eigenvalue weighted by molar-refractivity contribution is 6.30. The SMILES string of the molecule is Cc1ccccc1C(=O)N/N=C\c1c(OC(=O)c2ccc(Cl)cc2)ccc2ccccc12. The van der Waals surface area contributed by atoms with Gasteiger partial charge in [-0.3, -0.25) is 4.79 Å². The Morgan fingerprint density at radius 1 is 0.906 bits per heavy atom. The molecule has 32 heavy (non-hydrogen) atoms. The number of hydrazone groups is 1. The van der Waals surface area contributed by atoms with Crippen molar-refractivity contribution in [2.75, 3.05) is 0 Å². The zero-order valence-corrected chi connectivity index (χ0v) is 18.0. The summed E-state index contributed by atoms with van der Waals surface area (Å²) >= 11 is 5.90. The molecule has 0 radical (unpaired) electrons. The third-order valence-corrected chi connectivity index (χ3v) is 5.21. The number of benzene rings is 4. The van der Waals surface area contributed by atoms with Gasteiger partial charge in [0.25, 0.3) is 5.91 Å². The topological polar surface area (TPSA) is 67.8 Å². The van der Waals surface area contributed by atoms with Gasteiger partial charge in [0.1, 0.15) is 5.75 Å². The largest absolute Gasteiger partial charge is 0.422 e. The lowest BCUT2D eigenvalue weighted by Crippen LogP contribution is -2.18. The Balaban J connectivity index is 1.63. The fraction of sp³-hybridized carbons (Fsp3) is 0.0385. The van der Waals surface area contributed by atoms with E-state index in [9.17, 15) is 9.59 Å². The molecular formula is C26H19ClN2O3. The molecule has 0 saturated heterocycles. The number of carbonyl (C=O) groups is 2. The Bertz CT molecular complexity index is 1330. The van der Waals surface area contributed by atoms with Crippen molar-refractivity contribution in [1.29, 1.82) is 0 Å². The van der Waals surface area contributed by atoms with Gasteiger partial charge in [0.2, 0.25) is 0 Å². The smallest absolute Gasteiger partial charge is 0.343 e. The van der Waals surface area contributed by atoms with E-state index in [1.165, 1.54) is 6.21 Å². The Hall–Kier alpha value is -3.96. The summed E-state index contributed by atoms with van der Waals surface area (Å²) in [5, 5.41) is 6.45. The zero-order chi connectivity index (χ0) is 22.5. The molecule has 0 aliphatic rings. The first-order valence-electron chi connectivity index (χ1n) is 9.91. The van der Waals surface area contributed by atoms with Crippen molar-refractivity contribution in [3.8, 4) is 5.75 Å². The molecule has 6 heteroatoms. The van der Waals surface area contributed by atoms with Gasteiger partial charge in [0, 0.05) is 16.1 Å². The molecule has 0 unspecified atom stereocenters. The number of esters is 1. The van der Waals surface area contributed by atoms with E-state index in [2.05, 4.69) is 10.5 Å². The van der Waals surface area contributed by atoms with Crippen LogP contribution in [0.25, 0.3) is 10.8 Å². The van der Waals surface area contributed by atoms with Crippen molar-refractivity contribution in [2.45, 2.75) is 6.92 Å². The number of nitrogens with zero attached hydrogens (tertiary/aromatic N) is 1. The molecule has 1 N–H and O–H groups in total. The molecule has 0 aliphatic carbocycles. The molecule has 0 spiro atoms. The van der Waals surface area contributed by atoms with E-state index in [4.69, 9.17) is 16.3 Å². The molecule has 4 aromatic rings. The molecule has 0 bridgehead atoms. The van der Waals surface area contributed by atoms with Crippen LogP contribution in [0.3, 0.4) is 0 Å². The maximum Gasteiger partial charge on any atom is 0.343 e. The van der Waals surface area contributed by atoms with Crippen LogP contribution in [-0.4, -0.2) is 18.1 Å². The fourth-order valence-electron chi connectivity index (χ4n) is 3.29. The van der Waals surface area contributed by atoms with Crippen molar-refractivity contribution >= 4 is 40.5 Å². The minimum atomic E-state index is -0.518. The van der Waals surface area contributed by atoms with Gasteiger partial charge >= 0.3 is 5.97 Å². The minimum absolute atomic E-state index is 0.320. The van der Waals surface area contributed by atoms with E-state index in [1.807, 2.05) is 49.4 Å². The van der Waals surface area contributed by atoms with E-state index in [0.717, 1.165) is 16.3 Å². The molecule has 0 fully saturated rings. The second-order valence-electron chi connectivity index (χ2n) is 7.11. The molecule has 4 rings (SSSR count). The summed E-state index contributed by atoms with van der Waals surface area (Å²) in [6, 6.07) is 24.9. The van der Waals surface area contributed by atoms with E-state index in [-0.39, 0.29) is 5.91 Å². The Morgan fingerprint density at radius 3 is 2.41 bits per heavy atom. The van der Waals surface area contributed by atoms with Crippen LogP contribution < -0.4 is 10.2 Å². The predicted octanol–water partition coefficient (Wildman–Crippen LogP) is 5.78. The van der Waals surface area contributed by atoms with Crippen LogP contribution in [0, 0.1) is 6.92 Å². The van der Waals surface area contributed by atoms with E-state index >= 15 is 0 Å². The zero-order valence-electron chi connectivity index (χ0n) is 17.2. The third-order valence-electron chi connectivity index (χ3n) is 4.96. The number of nitrogens with one attached hydrogen (secondary N) is 1. The monoisotopic (exact) mass is 442 g/mol. The maximum absolute atomic E-state index is 12.6. The Morgan fingerprint density at radius 2 is 1.62 bits per heavy atom. The summed E-state index contributed by atoms with van der Waals surface area (Å²) in [5.41, 5.74) is 4.89. The van der Waals surface area contributed by atoms with Crippen molar-refractivity contribution in [3.05, 3.63) is 112 Å². The standard InChI is InChI=1S/C26H19ClN2O3/c1-17-6-2-4-8-21(17)25(30)29-28-16-23-22-9-5-3-7-18(22)12-15-24(23)32-26(31)19-10-13-20(27)14-11-19/h2-16H,1H3,(H,29,30)/b28-16-. The molecule has 0 saturated carbocycles. The summed E-state index contributed by atoms with van der Waals surface area (Å²) in [5.74, 6) is -0.507. The van der Waals surface area contributed by atoms with Gasteiger partial charge in [0.15, 0.2) is 0 Å². The Kier molecular flexibility index (Phi) is 6.29. The van der Waals surface area contributed by atoms with Crippen LogP contribution >= 0.6 is 11.6 Å². The van der Waals surface area contributed by atoms with Gasteiger partial charge in [-0.25, -0.2) is 10.2 Å². The van der Waals surface area contributed by atoms with Crippen LogP contribution in [-0.2, 0) is 0 Å². The first-order chi connectivity index (χ1) is 15.5. The summed E-state index contributed by atoms with van der Waals surface area (Å²) in [7, 11) is 0. The van der Waals surface area contributed by atoms with E-state index < -0.39 is 5.97 Å². The van der Waals surface area contributed by atoms with Crippen LogP contribution in [0.15, 0.2) is 90.0 Å². The first kappa shape index (κ1) is 21.3. The Labute approximate surface area is 190 Å². The van der Waals surface area contributed by atoms with Crippen LogP contribution in [0.2, 0.25) is 5.02 Å². The number of hydrogen-bond donors (Lipinski definition) is 1. The molecule has 0 aliphatic heterocycles. The quantitative estimate of drug-likeness (QED) is 0.184. The van der Waals surface area contributed by atoms with Gasteiger partial charge in [-0.15, -0.1) is 0 Å². The molecule has 158 valence electrons. The van der Waals surface area contributed by atoms with Gasteiger partial charge in [0.05, 0.1) is 11.8 Å². The van der Waals surface area contributed by atoms with Crippen molar-refractivity contribution < 1.29 is 14.3 Å². The highest BCUT2D eigenvalue weighted by Gasteiger charge is 2.14. The molecular weight excluding hydrogens is 424 g/mol. The summed E-state index contributed by atoms with van der Waals surface area (Å²) in [6.45, 7) is 1.86. The average molecular weight is 443 g/mol. The van der Waals surface area contributed by atoms with Gasteiger partial charge in [-0.05, 0) is 59.7 Å². The number of fused-ring (bicyclic) bond motifs is 1. The number of carbonyl (C=O) groups excluding carboxylic acids is 2. The van der Waals surface area contributed by atoms with E-state index in [0.29, 0.717) is 27.5 Å². The van der Waals surface area contributed by atoms with Crippen LogP contribution in [0.1, 0.15) is 31.8 Å². The lowest BCUT2D eigenvalue weighted by atomic mass is 10.0. The molecule has 5 nitrogen and oxygen atoms in total. The van der Waals surface area contributed by atoms with Gasteiger partial charge in [-0.1, -0.05) is 60.1 Å². The van der Waals surface area contributed by atoms with Crippen LogP contribution in [0.4, 0.5) is 0 Å². The van der Waals surface area contributed by atoms with Crippen LogP contribution in [0.5, 0.6) is 5.75 Å². The molecule has 0 aromatic heterocycles. The number of rotatable bonds is 5. The van der Waals surface area contributed by atoms with Crippen molar-refractivity contribution in [1.82, 2.24) is 5.43 Å². The summed E-state index contributed by atoms with van der Waals surface area (Å²) < 4.78 is 5.65. The number of hydrogen-bond acceptors (Lipinski definition) is 4. The van der Waals surface area contributed by atoms with Gasteiger partial charge < -0.3 is 4.74 Å². The highest BCUT2D eigenvalue weighted by Crippen LogP contribution is 2.27. The normalized spacial score (nSPS) is 10.9.